The molecule has 0 bridgehead atoms. The van der Waals surface area contributed by atoms with Crippen LogP contribution in [0.3, 0.4) is 0 Å². The lowest BCUT2D eigenvalue weighted by atomic mass is 9.76. The van der Waals surface area contributed by atoms with Crippen LogP contribution in [0.15, 0.2) is 5.11 Å². The summed E-state index contributed by atoms with van der Waals surface area (Å²) in [5, 5.41) is 16.0. The summed E-state index contributed by atoms with van der Waals surface area (Å²) in [6.07, 6.45) is 3.02. The van der Waals surface area contributed by atoms with Crippen LogP contribution in [0, 0.1) is 16.7 Å². The van der Waals surface area contributed by atoms with Gasteiger partial charge in [-0.25, -0.2) is 0 Å². The van der Waals surface area contributed by atoms with Crippen LogP contribution in [0.4, 0.5) is 0 Å². The van der Waals surface area contributed by atoms with Crippen LogP contribution in [0.25, 0.3) is 10.4 Å². The summed E-state index contributed by atoms with van der Waals surface area (Å²) in [5.74, 6) is 0. The SMILES string of the molecule is CC1(C)CCCC1(C#N)NCCN=[N+]=[N-]. The molecule has 0 saturated heterocycles. The van der Waals surface area contributed by atoms with Crippen LogP contribution in [0.1, 0.15) is 33.1 Å². The summed E-state index contributed by atoms with van der Waals surface area (Å²) in [5.41, 5.74) is 7.70. The molecule has 1 N–H and O–H groups in total. The molecular weight excluding hydrogens is 190 g/mol. The highest BCUT2D eigenvalue weighted by Crippen LogP contribution is 2.45. The van der Waals surface area contributed by atoms with Gasteiger partial charge < -0.3 is 0 Å². The molecule has 1 atom stereocenters. The largest absolute Gasteiger partial charge is 0.299 e. The molecule has 0 spiro atoms. The first-order valence-electron chi connectivity index (χ1n) is 5.25. The summed E-state index contributed by atoms with van der Waals surface area (Å²) >= 11 is 0. The minimum absolute atomic E-state index is 0.00188. The number of nitriles is 1. The van der Waals surface area contributed by atoms with Crippen molar-refractivity contribution in [3.8, 4) is 6.07 Å². The van der Waals surface area contributed by atoms with E-state index in [1.165, 1.54) is 0 Å². The second kappa shape index (κ2) is 4.52. The third-order valence-electron chi connectivity index (χ3n) is 3.40. The van der Waals surface area contributed by atoms with Gasteiger partial charge in [0, 0.05) is 18.0 Å². The van der Waals surface area contributed by atoms with E-state index in [4.69, 9.17) is 5.53 Å². The van der Waals surface area contributed by atoms with Gasteiger partial charge in [0.1, 0.15) is 5.54 Å². The molecule has 1 rings (SSSR count). The third kappa shape index (κ3) is 2.23. The highest BCUT2D eigenvalue weighted by atomic mass is 15.1. The molecule has 5 heteroatoms. The van der Waals surface area contributed by atoms with Gasteiger partial charge in [0.15, 0.2) is 0 Å². The zero-order chi connectivity index (χ0) is 11.4. The van der Waals surface area contributed by atoms with Crippen LogP contribution in [-0.2, 0) is 0 Å². The van der Waals surface area contributed by atoms with Crippen LogP contribution < -0.4 is 5.32 Å². The Kier molecular flexibility index (Phi) is 3.57. The van der Waals surface area contributed by atoms with E-state index in [0.29, 0.717) is 13.1 Å². The highest BCUT2D eigenvalue weighted by Gasteiger charge is 2.48. The predicted molar refractivity (Wildman–Crippen MR) is 58.0 cm³/mol. The normalized spacial score (nSPS) is 28.1. The van der Waals surface area contributed by atoms with Crippen molar-refractivity contribution in [3.05, 3.63) is 10.4 Å². The van der Waals surface area contributed by atoms with E-state index in [2.05, 4.69) is 35.3 Å². The quantitative estimate of drug-likeness (QED) is 0.332. The number of azide groups is 1. The topological polar surface area (TPSA) is 84.6 Å². The Labute approximate surface area is 90.1 Å². The highest BCUT2D eigenvalue weighted by molar-refractivity contribution is 5.18. The minimum atomic E-state index is -0.446. The summed E-state index contributed by atoms with van der Waals surface area (Å²) < 4.78 is 0. The van der Waals surface area contributed by atoms with E-state index < -0.39 is 5.54 Å². The molecule has 0 aromatic carbocycles. The Balaban J connectivity index is 2.62. The van der Waals surface area contributed by atoms with Gasteiger partial charge in [0.05, 0.1) is 6.07 Å². The van der Waals surface area contributed by atoms with Gasteiger partial charge >= 0.3 is 0 Å². The van der Waals surface area contributed by atoms with E-state index in [9.17, 15) is 5.26 Å². The summed E-state index contributed by atoms with van der Waals surface area (Å²) in [4.78, 5) is 2.69. The maximum absolute atomic E-state index is 9.29. The third-order valence-corrected chi connectivity index (χ3v) is 3.40. The Hall–Kier alpha value is -1.24. The first-order chi connectivity index (χ1) is 7.08. The van der Waals surface area contributed by atoms with Gasteiger partial charge in [-0.3, -0.25) is 5.32 Å². The first kappa shape index (κ1) is 11.8. The van der Waals surface area contributed by atoms with Crippen molar-refractivity contribution < 1.29 is 0 Å². The van der Waals surface area contributed by atoms with Crippen LogP contribution in [0.2, 0.25) is 0 Å². The molecule has 0 amide bonds. The van der Waals surface area contributed by atoms with Crippen molar-refractivity contribution in [2.75, 3.05) is 13.1 Å². The Morgan fingerprint density at radius 1 is 1.53 bits per heavy atom. The van der Waals surface area contributed by atoms with Gasteiger partial charge in [0.2, 0.25) is 0 Å². The number of hydrogen-bond acceptors (Lipinski definition) is 3. The predicted octanol–water partition coefficient (Wildman–Crippen LogP) is 2.36. The summed E-state index contributed by atoms with van der Waals surface area (Å²) in [6.45, 7) is 5.20. The maximum Gasteiger partial charge on any atom is 0.111 e. The zero-order valence-corrected chi connectivity index (χ0v) is 9.32. The van der Waals surface area contributed by atoms with Crippen molar-refractivity contribution in [2.24, 2.45) is 10.5 Å². The molecule has 5 nitrogen and oxygen atoms in total. The van der Waals surface area contributed by atoms with E-state index in [-0.39, 0.29) is 5.41 Å². The molecule has 1 saturated carbocycles. The molecule has 0 aromatic heterocycles. The Morgan fingerprint density at radius 2 is 2.27 bits per heavy atom. The monoisotopic (exact) mass is 207 g/mol. The fraction of sp³-hybridized carbons (Fsp3) is 0.900. The lowest BCUT2D eigenvalue weighted by Gasteiger charge is -2.36. The molecule has 1 aliphatic carbocycles. The van der Waals surface area contributed by atoms with Crippen LogP contribution >= 0.6 is 0 Å². The summed E-state index contributed by atoms with van der Waals surface area (Å²) in [6, 6.07) is 2.40. The number of hydrogen-bond donors (Lipinski definition) is 1. The van der Waals surface area contributed by atoms with Crippen LogP contribution in [0.5, 0.6) is 0 Å². The van der Waals surface area contributed by atoms with Gasteiger partial charge in [-0.1, -0.05) is 19.0 Å². The average Bonchev–Trinajstić information content (AvgIpc) is 2.49. The van der Waals surface area contributed by atoms with E-state index in [1.807, 2.05) is 0 Å². The fourth-order valence-corrected chi connectivity index (χ4v) is 2.29. The Morgan fingerprint density at radius 3 is 2.73 bits per heavy atom. The van der Waals surface area contributed by atoms with E-state index in [1.54, 1.807) is 0 Å². The standard InChI is InChI=1S/C10H17N5/c1-9(2)4-3-5-10(9,8-11)13-6-7-14-15-12/h13H,3-7H2,1-2H3. The van der Waals surface area contributed by atoms with Crippen molar-refractivity contribution in [1.29, 1.82) is 5.26 Å². The maximum atomic E-state index is 9.29. The fourth-order valence-electron chi connectivity index (χ4n) is 2.29. The zero-order valence-electron chi connectivity index (χ0n) is 9.32. The van der Waals surface area contributed by atoms with E-state index >= 15 is 0 Å². The first-order valence-corrected chi connectivity index (χ1v) is 5.25. The minimum Gasteiger partial charge on any atom is -0.299 e. The second-order valence-electron chi connectivity index (χ2n) is 4.64. The van der Waals surface area contributed by atoms with Gasteiger partial charge in [-0.15, -0.1) is 0 Å². The van der Waals surface area contributed by atoms with Crippen molar-refractivity contribution in [2.45, 2.75) is 38.6 Å². The van der Waals surface area contributed by atoms with E-state index in [0.717, 1.165) is 19.3 Å². The molecule has 0 radical (unpaired) electrons. The molecule has 1 unspecified atom stereocenters. The molecule has 0 heterocycles. The Bertz CT molecular complexity index is 310. The van der Waals surface area contributed by atoms with Crippen molar-refractivity contribution >= 4 is 0 Å². The van der Waals surface area contributed by atoms with Gasteiger partial charge in [-0.2, -0.15) is 5.26 Å². The van der Waals surface area contributed by atoms with Crippen LogP contribution in [-0.4, -0.2) is 18.6 Å². The lowest BCUT2D eigenvalue weighted by molar-refractivity contribution is 0.218. The molecule has 15 heavy (non-hydrogen) atoms. The smallest absolute Gasteiger partial charge is 0.111 e. The average molecular weight is 207 g/mol. The molecule has 82 valence electrons. The number of rotatable bonds is 4. The number of nitrogens with one attached hydrogen (secondary N) is 1. The number of nitrogens with zero attached hydrogens (tertiary/aromatic N) is 4. The lowest BCUT2D eigenvalue weighted by Crippen LogP contribution is -2.52. The molecular formula is C10H17N5. The second-order valence-corrected chi connectivity index (χ2v) is 4.64. The summed E-state index contributed by atoms with van der Waals surface area (Å²) in [7, 11) is 0. The van der Waals surface area contributed by atoms with Crippen molar-refractivity contribution in [1.82, 2.24) is 5.32 Å². The molecule has 1 aliphatic rings. The molecule has 1 fully saturated rings. The van der Waals surface area contributed by atoms with Crippen molar-refractivity contribution in [3.63, 3.8) is 0 Å². The molecule has 0 aromatic rings. The van der Waals surface area contributed by atoms with Gasteiger partial charge in [-0.05, 0) is 30.2 Å². The molecule has 0 aliphatic heterocycles. The van der Waals surface area contributed by atoms with Gasteiger partial charge in [0.25, 0.3) is 0 Å².